The van der Waals surface area contributed by atoms with Gasteiger partial charge >= 0.3 is 6.09 Å². The molecule has 0 bridgehead atoms. The van der Waals surface area contributed by atoms with Crippen molar-refractivity contribution in [3.8, 4) is 11.1 Å². The van der Waals surface area contributed by atoms with E-state index in [1.165, 1.54) is 51.8 Å². The summed E-state index contributed by atoms with van der Waals surface area (Å²) in [7, 11) is 0. The molecule has 0 unspecified atom stereocenters. The van der Waals surface area contributed by atoms with Crippen LogP contribution in [0.2, 0.25) is 0 Å². The topological polar surface area (TPSA) is 38.3 Å². The number of aryl methyl sites for hydroxylation is 2. The monoisotopic (exact) mass is 395 g/mol. The predicted octanol–water partition coefficient (Wildman–Crippen LogP) is 5.73. The van der Waals surface area contributed by atoms with Crippen molar-refractivity contribution in [2.24, 2.45) is 0 Å². The van der Waals surface area contributed by atoms with Crippen LogP contribution < -0.4 is 5.32 Å². The first-order valence-electron chi connectivity index (χ1n) is 10.7. The van der Waals surface area contributed by atoms with Gasteiger partial charge in [-0.05, 0) is 58.2 Å². The van der Waals surface area contributed by atoms with Crippen molar-refractivity contribution < 1.29 is 9.53 Å². The van der Waals surface area contributed by atoms with Gasteiger partial charge in [-0.15, -0.1) is 0 Å². The molecule has 0 fully saturated rings. The molecule has 5 rings (SSSR count). The number of carbonyl (C=O) groups excluding carboxylic acids is 1. The van der Waals surface area contributed by atoms with Crippen molar-refractivity contribution in [3.05, 3.63) is 101 Å². The number of nitrogens with one attached hydrogen (secondary N) is 1. The highest BCUT2D eigenvalue weighted by Crippen LogP contribution is 2.44. The molecule has 0 heterocycles. The lowest BCUT2D eigenvalue weighted by molar-refractivity contribution is 0.143. The van der Waals surface area contributed by atoms with Gasteiger partial charge in [-0.3, -0.25) is 0 Å². The van der Waals surface area contributed by atoms with Crippen LogP contribution in [-0.4, -0.2) is 19.2 Å². The Labute approximate surface area is 177 Å². The molecule has 1 amide bonds. The van der Waals surface area contributed by atoms with Gasteiger partial charge < -0.3 is 10.1 Å². The number of alkyl carbamates (subject to hydrolysis) is 1. The van der Waals surface area contributed by atoms with E-state index in [4.69, 9.17) is 4.74 Å². The van der Waals surface area contributed by atoms with Crippen LogP contribution in [0, 0.1) is 0 Å². The fraction of sp³-hybridized carbons (Fsp3) is 0.222. The van der Waals surface area contributed by atoms with Gasteiger partial charge in [0.1, 0.15) is 6.61 Å². The Bertz CT molecular complexity index is 1070. The molecule has 0 saturated carbocycles. The van der Waals surface area contributed by atoms with Gasteiger partial charge in [-0.25, -0.2) is 4.79 Å². The molecule has 3 heteroatoms. The van der Waals surface area contributed by atoms with Crippen molar-refractivity contribution in [2.45, 2.75) is 25.2 Å². The van der Waals surface area contributed by atoms with Gasteiger partial charge in [0.05, 0.1) is 0 Å². The van der Waals surface area contributed by atoms with Crippen LogP contribution in [-0.2, 0) is 17.6 Å². The lowest BCUT2D eigenvalue weighted by Gasteiger charge is -2.18. The highest BCUT2D eigenvalue weighted by molar-refractivity contribution is 5.79. The van der Waals surface area contributed by atoms with Gasteiger partial charge in [-0.2, -0.15) is 0 Å². The van der Waals surface area contributed by atoms with Gasteiger partial charge in [0.25, 0.3) is 0 Å². The van der Waals surface area contributed by atoms with Crippen molar-refractivity contribution in [1.29, 1.82) is 0 Å². The van der Waals surface area contributed by atoms with E-state index in [2.05, 4.69) is 72.1 Å². The van der Waals surface area contributed by atoms with E-state index in [9.17, 15) is 4.79 Å². The molecular formula is C27H25NO2. The van der Waals surface area contributed by atoms with Crippen LogP contribution in [0.25, 0.3) is 17.2 Å². The van der Waals surface area contributed by atoms with Gasteiger partial charge in [-0.1, -0.05) is 78.9 Å². The number of fused-ring (bicyclic) bond motifs is 4. The van der Waals surface area contributed by atoms with E-state index >= 15 is 0 Å². The Morgan fingerprint density at radius 3 is 2.30 bits per heavy atom. The van der Waals surface area contributed by atoms with Crippen LogP contribution in [0.15, 0.2) is 72.8 Å². The molecule has 0 aromatic heterocycles. The standard InChI is InChI=1S/C27H25NO2/c29-27(28-16-6-5-7-19-12-13-20-14-15-21(20)17-19)30-18-26-24-10-3-1-8-22(24)23-9-2-4-11-25(23)26/h1-5,7-13,17,26H,6,14-16,18H2,(H,28,29). The Morgan fingerprint density at radius 2 is 1.63 bits per heavy atom. The van der Waals surface area contributed by atoms with E-state index in [0.29, 0.717) is 13.2 Å². The maximum absolute atomic E-state index is 12.2. The zero-order valence-electron chi connectivity index (χ0n) is 16.9. The Hall–Kier alpha value is -3.33. The SMILES string of the molecule is O=C(NCCC=Cc1ccc2c(c1)CC2)OCC1c2ccccc2-c2ccccc21. The molecule has 2 aliphatic rings. The minimum Gasteiger partial charge on any atom is -0.449 e. The molecule has 30 heavy (non-hydrogen) atoms. The first-order chi connectivity index (χ1) is 14.8. The van der Waals surface area contributed by atoms with E-state index in [1.807, 2.05) is 12.1 Å². The largest absolute Gasteiger partial charge is 0.449 e. The first-order valence-corrected chi connectivity index (χ1v) is 10.7. The summed E-state index contributed by atoms with van der Waals surface area (Å²) in [5.74, 6) is 0.0961. The molecule has 0 spiro atoms. The molecular weight excluding hydrogens is 370 g/mol. The third kappa shape index (κ3) is 3.63. The lowest BCUT2D eigenvalue weighted by Crippen LogP contribution is -2.26. The minimum absolute atomic E-state index is 0.0961. The Balaban J connectivity index is 1.12. The second-order valence-electron chi connectivity index (χ2n) is 7.97. The molecule has 3 aromatic carbocycles. The molecule has 0 radical (unpaired) electrons. The molecule has 2 aliphatic carbocycles. The Morgan fingerprint density at radius 1 is 0.933 bits per heavy atom. The number of rotatable bonds is 6. The fourth-order valence-corrected chi connectivity index (χ4v) is 4.45. The molecule has 0 atom stereocenters. The molecule has 3 nitrogen and oxygen atoms in total. The number of hydrogen-bond acceptors (Lipinski definition) is 2. The summed E-state index contributed by atoms with van der Waals surface area (Å²) in [6.45, 7) is 0.920. The summed E-state index contributed by atoms with van der Waals surface area (Å²) in [5.41, 5.74) is 9.11. The highest BCUT2D eigenvalue weighted by Gasteiger charge is 2.28. The minimum atomic E-state index is -0.355. The third-order valence-corrected chi connectivity index (χ3v) is 6.13. The number of benzene rings is 3. The zero-order chi connectivity index (χ0) is 20.3. The predicted molar refractivity (Wildman–Crippen MR) is 121 cm³/mol. The normalized spacial score (nSPS) is 14.0. The summed E-state index contributed by atoms with van der Waals surface area (Å²) >= 11 is 0. The number of hydrogen-bond donors (Lipinski definition) is 1. The van der Waals surface area contributed by atoms with Gasteiger partial charge in [0, 0.05) is 12.5 Å². The second kappa shape index (κ2) is 8.19. The first kappa shape index (κ1) is 18.7. The molecule has 0 saturated heterocycles. The average Bonchev–Trinajstić information content (AvgIpc) is 3.07. The smallest absolute Gasteiger partial charge is 0.407 e. The summed E-state index contributed by atoms with van der Waals surface area (Å²) in [6.07, 6.45) is 7.05. The van der Waals surface area contributed by atoms with E-state index < -0.39 is 0 Å². The van der Waals surface area contributed by atoms with Crippen molar-refractivity contribution in [1.82, 2.24) is 5.32 Å². The lowest BCUT2D eigenvalue weighted by atomic mass is 9.87. The van der Waals surface area contributed by atoms with Crippen LogP contribution in [0.3, 0.4) is 0 Å². The molecule has 150 valence electrons. The van der Waals surface area contributed by atoms with Gasteiger partial charge in [0.15, 0.2) is 0 Å². The molecule has 1 N–H and O–H groups in total. The maximum atomic E-state index is 12.2. The fourth-order valence-electron chi connectivity index (χ4n) is 4.45. The van der Waals surface area contributed by atoms with Crippen molar-refractivity contribution in [2.75, 3.05) is 13.2 Å². The number of carbonyl (C=O) groups is 1. The summed E-state index contributed by atoms with van der Waals surface area (Å²) in [5, 5.41) is 2.86. The van der Waals surface area contributed by atoms with Gasteiger partial charge in [0.2, 0.25) is 0 Å². The van der Waals surface area contributed by atoms with Crippen molar-refractivity contribution >= 4 is 12.2 Å². The van der Waals surface area contributed by atoms with Crippen molar-refractivity contribution in [3.63, 3.8) is 0 Å². The van der Waals surface area contributed by atoms with Crippen LogP contribution in [0.1, 0.15) is 40.2 Å². The second-order valence-corrected chi connectivity index (χ2v) is 7.97. The number of ether oxygens (including phenoxy) is 1. The van der Waals surface area contributed by atoms with Crippen LogP contribution in [0.5, 0.6) is 0 Å². The summed E-state index contributed by atoms with van der Waals surface area (Å²) in [4.78, 5) is 12.2. The zero-order valence-corrected chi connectivity index (χ0v) is 16.9. The average molecular weight is 396 g/mol. The number of amides is 1. The van der Waals surface area contributed by atoms with E-state index in [0.717, 1.165) is 6.42 Å². The highest BCUT2D eigenvalue weighted by atomic mass is 16.5. The maximum Gasteiger partial charge on any atom is 0.407 e. The van der Waals surface area contributed by atoms with E-state index in [1.54, 1.807) is 0 Å². The summed E-state index contributed by atoms with van der Waals surface area (Å²) in [6, 6.07) is 23.4. The van der Waals surface area contributed by atoms with E-state index in [-0.39, 0.29) is 12.0 Å². The molecule has 0 aliphatic heterocycles. The Kier molecular flexibility index (Phi) is 5.10. The third-order valence-electron chi connectivity index (χ3n) is 6.13. The quantitative estimate of drug-likeness (QED) is 0.542. The molecule has 3 aromatic rings. The van der Waals surface area contributed by atoms with Crippen LogP contribution in [0.4, 0.5) is 4.79 Å². The van der Waals surface area contributed by atoms with Crippen LogP contribution >= 0.6 is 0 Å². The summed E-state index contributed by atoms with van der Waals surface area (Å²) < 4.78 is 5.57.